The van der Waals surface area contributed by atoms with Crippen molar-refractivity contribution in [2.24, 2.45) is 5.92 Å². The third kappa shape index (κ3) is 4.05. The van der Waals surface area contributed by atoms with Crippen molar-refractivity contribution in [1.29, 1.82) is 0 Å². The number of benzene rings is 2. The van der Waals surface area contributed by atoms with Crippen molar-refractivity contribution in [3.8, 4) is 5.75 Å². The van der Waals surface area contributed by atoms with Gasteiger partial charge in [0.2, 0.25) is 5.91 Å². The van der Waals surface area contributed by atoms with Crippen LogP contribution in [0.1, 0.15) is 49.8 Å². The maximum absolute atomic E-state index is 12.8. The number of carbonyl (C=O) groups excluding carboxylic acids is 2. The van der Waals surface area contributed by atoms with Crippen LogP contribution < -0.4 is 9.64 Å². The largest absolute Gasteiger partial charge is 0.426 e. The van der Waals surface area contributed by atoms with E-state index in [1.165, 1.54) is 0 Å². The van der Waals surface area contributed by atoms with Gasteiger partial charge in [-0.05, 0) is 48.1 Å². The van der Waals surface area contributed by atoms with Crippen molar-refractivity contribution < 1.29 is 14.3 Å². The van der Waals surface area contributed by atoms with E-state index in [1.54, 1.807) is 4.90 Å². The molecule has 1 amide bonds. The molecular weight excluding hydrogens is 338 g/mol. The van der Waals surface area contributed by atoms with Gasteiger partial charge in [0.1, 0.15) is 5.75 Å². The van der Waals surface area contributed by atoms with Crippen molar-refractivity contribution in [3.63, 3.8) is 0 Å². The molecular formula is C23H27NO3. The van der Waals surface area contributed by atoms with Crippen molar-refractivity contribution in [2.45, 2.75) is 46.5 Å². The van der Waals surface area contributed by atoms with Crippen LogP contribution in [-0.4, -0.2) is 18.4 Å². The number of para-hydroxylation sites is 1. The molecule has 0 N–H and O–H groups in total. The molecule has 3 rings (SSSR count). The lowest BCUT2D eigenvalue weighted by atomic mass is 10.0. The molecule has 1 heterocycles. The van der Waals surface area contributed by atoms with E-state index in [-0.39, 0.29) is 24.2 Å². The van der Waals surface area contributed by atoms with Gasteiger partial charge in [-0.25, -0.2) is 0 Å². The Morgan fingerprint density at radius 1 is 1.22 bits per heavy atom. The summed E-state index contributed by atoms with van der Waals surface area (Å²) in [5, 5.41) is 0. The van der Waals surface area contributed by atoms with Crippen LogP contribution in [0.4, 0.5) is 5.69 Å². The number of esters is 1. The lowest BCUT2D eigenvalue weighted by Gasteiger charge is -2.20. The van der Waals surface area contributed by atoms with Crippen molar-refractivity contribution in [1.82, 2.24) is 0 Å². The molecule has 0 aromatic heterocycles. The van der Waals surface area contributed by atoms with Crippen molar-refractivity contribution in [3.05, 3.63) is 59.2 Å². The van der Waals surface area contributed by atoms with Crippen LogP contribution in [0.5, 0.6) is 5.75 Å². The van der Waals surface area contributed by atoms with Crippen molar-refractivity contribution in [2.75, 3.05) is 11.4 Å². The van der Waals surface area contributed by atoms with Crippen LogP contribution >= 0.6 is 0 Å². The Morgan fingerprint density at radius 2 is 1.96 bits per heavy atom. The maximum Gasteiger partial charge on any atom is 0.316 e. The molecule has 2 aromatic carbocycles. The molecule has 2 aromatic rings. The zero-order valence-electron chi connectivity index (χ0n) is 16.5. The van der Waals surface area contributed by atoms with E-state index in [9.17, 15) is 9.59 Å². The molecule has 0 saturated carbocycles. The van der Waals surface area contributed by atoms with E-state index in [0.29, 0.717) is 12.3 Å². The zero-order valence-corrected chi connectivity index (χ0v) is 16.5. The summed E-state index contributed by atoms with van der Waals surface area (Å²) in [6, 6.07) is 13.8. The smallest absolute Gasteiger partial charge is 0.316 e. The molecule has 4 heteroatoms. The molecule has 1 saturated heterocycles. The summed E-state index contributed by atoms with van der Waals surface area (Å²) in [6.45, 7) is 8.56. The van der Waals surface area contributed by atoms with Crippen LogP contribution in [0.3, 0.4) is 0 Å². The number of nitrogens with zero attached hydrogens (tertiary/aromatic N) is 1. The third-order valence-electron chi connectivity index (χ3n) is 5.12. The van der Waals surface area contributed by atoms with Gasteiger partial charge in [0.25, 0.3) is 0 Å². The fourth-order valence-corrected chi connectivity index (χ4v) is 3.57. The third-order valence-corrected chi connectivity index (χ3v) is 5.12. The second-order valence-corrected chi connectivity index (χ2v) is 7.50. The number of anilines is 1. The molecule has 0 aliphatic carbocycles. The summed E-state index contributed by atoms with van der Waals surface area (Å²) in [6.07, 6.45) is 1.04. The number of aryl methyl sites for hydroxylation is 2. The highest BCUT2D eigenvalue weighted by Crippen LogP contribution is 2.32. The number of rotatable bonds is 5. The van der Waals surface area contributed by atoms with Gasteiger partial charge >= 0.3 is 5.97 Å². The number of hydrogen-bond acceptors (Lipinski definition) is 3. The average molecular weight is 365 g/mol. The van der Waals surface area contributed by atoms with E-state index in [4.69, 9.17) is 4.74 Å². The predicted octanol–water partition coefficient (Wildman–Crippen LogP) is 4.64. The van der Waals surface area contributed by atoms with Gasteiger partial charge in [-0.15, -0.1) is 0 Å². The number of carbonyl (C=O) groups is 2. The van der Waals surface area contributed by atoms with Crippen LogP contribution in [0.2, 0.25) is 0 Å². The summed E-state index contributed by atoms with van der Waals surface area (Å²) >= 11 is 0. The van der Waals surface area contributed by atoms with Gasteiger partial charge in [0.05, 0.1) is 5.92 Å². The first kappa shape index (κ1) is 19.2. The van der Waals surface area contributed by atoms with E-state index < -0.39 is 5.92 Å². The van der Waals surface area contributed by atoms with E-state index in [1.807, 2.05) is 49.4 Å². The van der Waals surface area contributed by atoms with Gasteiger partial charge in [0.15, 0.2) is 0 Å². The molecule has 27 heavy (non-hydrogen) atoms. The highest BCUT2D eigenvalue weighted by atomic mass is 16.5. The molecule has 0 bridgehead atoms. The van der Waals surface area contributed by atoms with Gasteiger partial charge in [-0.1, -0.05) is 51.1 Å². The highest BCUT2D eigenvalue weighted by Gasteiger charge is 2.37. The van der Waals surface area contributed by atoms with Crippen LogP contribution in [0.15, 0.2) is 42.5 Å². The molecule has 1 atom stereocenters. The Bertz CT molecular complexity index is 856. The Labute approximate surface area is 161 Å². The summed E-state index contributed by atoms with van der Waals surface area (Å²) in [5.41, 5.74) is 4.06. The van der Waals surface area contributed by atoms with Crippen LogP contribution in [0.25, 0.3) is 0 Å². The quantitative estimate of drug-likeness (QED) is 0.573. The molecule has 1 aliphatic rings. The van der Waals surface area contributed by atoms with E-state index in [0.717, 1.165) is 28.8 Å². The standard InChI is InChI=1S/C23H27NO3/c1-5-17-8-6-7-9-20(17)24-14-18(13-22(24)25)23(26)27-21-12-16(4)10-11-19(21)15(2)3/h6-12,15,18H,5,13-14H2,1-4H3/t18-/m1/s1. The lowest BCUT2D eigenvalue weighted by Crippen LogP contribution is -2.28. The normalized spacial score (nSPS) is 16.9. The topological polar surface area (TPSA) is 46.6 Å². The highest BCUT2D eigenvalue weighted by molar-refractivity contribution is 6.00. The summed E-state index contributed by atoms with van der Waals surface area (Å²) in [4.78, 5) is 27.1. The predicted molar refractivity (Wildman–Crippen MR) is 107 cm³/mol. The first-order valence-corrected chi connectivity index (χ1v) is 9.61. The Hall–Kier alpha value is -2.62. The van der Waals surface area contributed by atoms with Gasteiger partial charge in [-0.3, -0.25) is 9.59 Å². The summed E-state index contributed by atoms with van der Waals surface area (Å²) in [5.74, 6) is 0.0721. The average Bonchev–Trinajstić information content (AvgIpc) is 3.03. The minimum Gasteiger partial charge on any atom is -0.426 e. The molecule has 1 aliphatic heterocycles. The molecule has 0 spiro atoms. The second-order valence-electron chi connectivity index (χ2n) is 7.50. The monoisotopic (exact) mass is 365 g/mol. The van der Waals surface area contributed by atoms with Crippen LogP contribution in [0, 0.1) is 12.8 Å². The molecule has 1 fully saturated rings. The fourth-order valence-electron chi connectivity index (χ4n) is 3.57. The maximum atomic E-state index is 12.8. The van der Waals surface area contributed by atoms with Crippen LogP contribution in [-0.2, 0) is 16.0 Å². The Kier molecular flexibility index (Phi) is 5.64. The summed E-state index contributed by atoms with van der Waals surface area (Å²) < 4.78 is 5.74. The summed E-state index contributed by atoms with van der Waals surface area (Å²) in [7, 11) is 0. The molecule has 142 valence electrons. The van der Waals surface area contributed by atoms with Gasteiger partial charge in [0, 0.05) is 18.7 Å². The zero-order chi connectivity index (χ0) is 19.6. The lowest BCUT2D eigenvalue weighted by molar-refractivity contribution is -0.139. The first-order valence-electron chi connectivity index (χ1n) is 9.61. The van der Waals surface area contributed by atoms with E-state index >= 15 is 0 Å². The number of hydrogen-bond donors (Lipinski definition) is 0. The minimum atomic E-state index is -0.442. The fraction of sp³-hybridized carbons (Fsp3) is 0.391. The molecule has 0 unspecified atom stereocenters. The second kappa shape index (κ2) is 7.95. The SMILES string of the molecule is CCc1ccccc1N1C[C@H](C(=O)Oc2cc(C)ccc2C(C)C)CC1=O. The minimum absolute atomic E-state index is 0.0221. The van der Waals surface area contributed by atoms with Crippen molar-refractivity contribution >= 4 is 17.6 Å². The molecule has 0 radical (unpaired) electrons. The van der Waals surface area contributed by atoms with Gasteiger partial charge in [-0.2, -0.15) is 0 Å². The van der Waals surface area contributed by atoms with E-state index in [2.05, 4.69) is 20.8 Å². The molecule has 4 nitrogen and oxygen atoms in total. The Balaban J connectivity index is 1.78. The number of ether oxygens (including phenoxy) is 1. The van der Waals surface area contributed by atoms with Gasteiger partial charge < -0.3 is 9.64 Å². The first-order chi connectivity index (χ1) is 12.9. The Morgan fingerprint density at radius 3 is 2.67 bits per heavy atom. The number of amides is 1.